The highest BCUT2D eigenvalue weighted by Gasteiger charge is 2.17. The van der Waals surface area contributed by atoms with Crippen molar-refractivity contribution in [1.82, 2.24) is 5.32 Å². The van der Waals surface area contributed by atoms with Crippen molar-refractivity contribution < 1.29 is 5.11 Å². The number of hydrogen-bond donors (Lipinski definition) is 2. The highest BCUT2D eigenvalue weighted by atomic mass is 79.9. The molecule has 2 rings (SSSR count). The summed E-state index contributed by atoms with van der Waals surface area (Å²) in [6.45, 7) is 2.10. The van der Waals surface area contributed by atoms with E-state index >= 15 is 0 Å². The lowest BCUT2D eigenvalue weighted by Gasteiger charge is -2.09. The van der Waals surface area contributed by atoms with E-state index in [1.165, 1.54) is 5.56 Å². The van der Waals surface area contributed by atoms with Crippen molar-refractivity contribution in [2.24, 2.45) is 0 Å². The molecule has 0 radical (unpaired) electrons. The Morgan fingerprint density at radius 3 is 2.85 bits per heavy atom. The van der Waals surface area contributed by atoms with Gasteiger partial charge >= 0.3 is 0 Å². The van der Waals surface area contributed by atoms with Crippen molar-refractivity contribution in [1.29, 1.82) is 0 Å². The van der Waals surface area contributed by atoms with Gasteiger partial charge in [-0.15, -0.1) is 0 Å². The van der Waals surface area contributed by atoms with Crippen LogP contribution in [0.25, 0.3) is 0 Å². The molecule has 3 heteroatoms. The van der Waals surface area contributed by atoms with Crippen LogP contribution in [0, 0.1) is 0 Å². The third-order valence-corrected chi connectivity index (χ3v) is 2.89. The highest BCUT2D eigenvalue weighted by molar-refractivity contribution is 9.10. The van der Waals surface area contributed by atoms with Crippen molar-refractivity contribution in [2.45, 2.75) is 12.3 Å². The fourth-order valence-corrected chi connectivity index (χ4v) is 2.27. The second-order valence-corrected chi connectivity index (χ2v) is 4.35. The van der Waals surface area contributed by atoms with E-state index in [0.29, 0.717) is 11.7 Å². The topological polar surface area (TPSA) is 32.3 Å². The fourth-order valence-electron chi connectivity index (χ4n) is 1.77. The number of nitrogens with one attached hydrogen (secondary N) is 1. The van der Waals surface area contributed by atoms with Crippen LogP contribution in [0.1, 0.15) is 17.9 Å². The Balaban J connectivity index is 2.28. The molecule has 1 unspecified atom stereocenters. The minimum absolute atomic E-state index is 0.344. The quantitative estimate of drug-likeness (QED) is 0.791. The molecule has 0 amide bonds. The highest BCUT2D eigenvalue weighted by Crippen LogP contribution is 2.28. The van der Waals surface area contributed by atoms with Gasteiger partial charge in [0.2, 0.25) is 0 Å². The van der Waals surface area contributed by atoms with E-state index < -0.39 is 0 Å². The molecule has 2 N–H and O–H groups in total. The van der Waals surface area contributed by atoms with Crippen LogP contribution in [-0.4, -0.2) is 18.2 Å². The van der Waals surface area contributed by atoms with Gasteiger partial charge in [-0.1, -0.05) is 15.9 Å². The van der Waals surface area contributed by atoms with E-state index in [9.17, 15) is 5.11 Å². The number of rotatable bonds is 1. The minimum atomic E-state index is 0.344. The Morgan fingerprint density at radius 2 is 2.23 bits per heavy atom. The molecule has 1 aromatic rings. The van der Waals surface area contributed by atoms with Gasteiger partial charge < -0.3 is 10.4 Å². The Hall–Kier alpha value is -0.540. The van der Waals surface area contributed by atoms with Crippen LogP contribution < -0.4 is 5.32 Å². The lowest BCUT2D eigenvalue weighted by Crippen LogP contribution is -2.07. The Kier molecular flexibility index (Phi) is 2.56. The summed E-state index contributed by atoms with van der Waals surface area (Å²) in [6, 6.07) is 5.64. The van der Waals surface area contributed by atoms with Gasteiger partial charge in [0.1, 0.15) is 5.75 Å². The van der Waals surface area contributed by atoms with E-state index in [0.717, 1.165) is 24.0 Å². The predicted octanol–water partition coefficient (Wildman–Crippen LogP) is 2.23. The summed E-state index contributed by atoms with van der Waals surface area (Å²) in [5.74, 6) is 0.902. The van der Waals surface area contributed by atoms with E-state index in [1.807, 2.05) is 6.07 Å². The summed E-state index contributed by atoms with van der Waals surface area (Å²) in [7, 11) is 0. The van der Waals surface area contributed by atoms with Gasteiger partial charge in [-0.2, -0.15) is 0 Å². The van der Waals surface area contributed by atoms with Crippen molar-refractivity contribution in [3.8, 4) is 5.75 Å². The molecule has 1 aliphatic heterocycles. The summed E-state index contributed by atoms with van der Waals surface area (Å²) in [4.78, 5) is 0. The van der Waals surface area contributed by atoms with E-state index in [4.69, 9.17) is 0 Å². The first-order valence-electron chi connectivity index (χ1n) is 4.46. The first kappa shape index (κ1) is 9.03. The standard InChI is InChI=1S/C10H12BrNO/c11-9-3-8(4-10(13)5-9)7-1-2-12-6-7/h3-5,7,12-13H,1-2,6H2. The monoisotopic (exact) mass is 241 g/mol. The van der Waals surface area contributed by atoms with Crippen molar-refractivity contribution in [2.75, 3.05) is 13.1 Å². The molecule has 0 aromatic heterocycles. The number of hydrogen-bond acceptors (Lipinski definition) is 2. The van der Waals surface area contributed by atoms with Gasteiger partial charge in [-0.05, 0) is 42.6 Å². The van der Waals surface area contributed by atoms with Crippen LogP contribution in [0.5, 0.6) is 5.75 Å². The molecule has 13 heavy (non-hydrogen) atoms. The molecule has 0 aliphatic carbocycles. The molecular weight excluding hydrogens is 230 g/mol. The number of aromatic hydroxyl groups is 1. The molecule has 1 heterocycles. The second kappa shape index (κ2) is 3.68. The summed E-state index contributed by atoms with van der Waals surface area (Å²) in [5.41, 5.74) is 1.22. The summed E-state index contributed by atoms with van der Waals surface area (Å²) < 4.78 is 0.953. The third kappa shape index (κ3) is 2.03. The van der Waals surface area contributed by atoms with Crippen molar-refractivity contribution in [3.63, 3.8) is 0 Å². The van der Waals surface area contributed by atoms with Crippen LogP contribution in [-0.2, 0) is 0 Å². The summed E-state index contributed by atoms with van der Waals surface area (Å²) in [6.07, 6.45) is 1.16. The van der Waals surface area contributed by atoms with Gasteiger partial charge in [-0.25, -0.2) is 0 Å². The van der Waals surface area contributed by atoms with Crippen LogP contribution >= 0.6 is 15.9 Å². The van der Waals surface area contributed by atoms with Gasteiger partial charge in [0.15, 0.2) is 0 Å². The molecule has 70 valence electrons. The maximum Gasteiger partial charge on any atom is 0.116 e. The Labute approximate surface area is 86.1 Å². The number of benzene rings is 1. The largest absolute Gasteiger partial charge is 0.508 e. The summed E-state index contributed by atoms with van der Waals surface area (Å²) >= 11 is 3.38. The number of phenolic OH excluding ortho intramolecular Hbond substituents is 1. The molecule has 0 spiro atoms. The van der Waals surface area contributed by atoms with E-state index in [1.54, 1.807) is 6.07 Å². The van der Waals surface area contributed by atoms with Gasteiger partial charge in [0.05, 0.1) is 0 Å². The Bertz CT molecular complexity index is 288. The first-order chi connectivity index (χ1) is 6.25. The smallest absolute Gasteiger partial charge is 0.116 e. The molecule has 1 saturated heterocycles. The zero-order valence-electron chi connectivity index (χ0n) is 7.26. The normalized spacial score (nSPS) is 22.1. The van der Waals surface area contributed by atoms with E-state index in [-0.39, 0.29) is 0 Å². The molecule has 1 aromatic carbocycles. The molecule has 2 nitrogen and oxygen atoms in total. The fraction of sp³-hybridized carbons (Fsp3) is 0.400. The van der Waals surface area contributed by atoms with Gasteiger partial charge in [0.25, 0.3) is 0 Å². The first-order valence-corrected chi connectivity index (χ1v) is 5.25. The molecule has 1 atom stereocenters. The zero-order chi connectivity index (χ0) is 9.26. The SMILES string of the molecule is Oc1cc(Br)cc(C2CCNC2)c1. The lowest BCUT2D eigenvalue weighted by atomic mass is 9.98. The van der Waals surface area contributed by atoms with Crippen LogP contribution in [0.2, 0.25) is 0 Å². The molecular formula is C10H12BrNO. The summed E-state index contributed by atoms with van der Waals surface area (Å²) in [5, 5.41) is 12.7. The molecule has 1 fully saturated rings. The number of halogens is 1. The molecule has 0 saturated carbocycles. The zero-order valence-corrected chi connectivity index (χ0v) is 8.84. The lowest BCUT2D eigenvalue weighted by molar-refractivity contribution is 0.473. The maximum atomic E-state index is 9.40. The minimum Gasteiger partial charge on any atom is -0.508 e. The van der Waals surface area contributed by atoms with Crippen LogP contribution in [0.3, 0.4) is 0 Å². The van der Waals surface area contributed by atoms with Crippen LogP contribution in [0.15, 0.2) is 22.7 Å². The average Bonchev–Trinajstić information content (AvgIpc) is 2.53. The van der Waals surface area contributed by atoms with E-state index in [2.05, 4.69) is 27.3 Å². The maximum absolute atomic E-state index is 9.40. The molecule has 1 aliphatic rings. The van der Waals surface area contributed by atoms with Crippen molar-refractivity contribution >= 4 is 15.9 Å². The van der Waals surface area contributed by atoms with Crippen molar-refractivity contribution in [3.05, 3.63) is 28.2 Å². The van der Waals surface area contributed by atoms with Crippen LogP contribution in [0.4, 0.5) is 0 Å². The Morgan fingerprint density at radius 1 is 1.38 bits per heavy atom. The molecule has 0 bridgehead atoms. The third-order valence-electron chi connectivity index (χ3n) is 2.44. The average molecular weight is 242 g/mol. The number of phenols is 1. The predicted molar refractivity (Wildman–Crippen MR) is 56.0 cm³/mol. The second-order valence-electron chi connectivity index (χ2n) is 3.43. The van der Waals surface area contributed by atoms with Gasteiger partial charge in [0, 0.05) is 11.0 Å². The van der Waals surface area contributed by atoms with Gasteiger partial charge in [-0.3, -0.25) is 0 Å².